The Labute approximate surface area is 138 Å². The van der Waals surface area contributed by atoms with E-state index in [0.717, 1.165) is 22.2 Å². The second-order valence-corrected chi connectivity index (χ2v) is 5.53. The molecule has 0 aliphatic carbocycles. The fraction of sp³-hybridized carbons (Fsp3) is 0.167. The molecule has 0 saturated heterocycles. The van der Waals surface area contributed by atoms with E-state index in [9.17, 15) is 4.79 Å². The number of aromatic nitrogens is 2. The number of fused-ring (bicyclic) bond motifs is 2. The van der Waals surface area contributed by atoms with Gasteiger partial charge in [-0.05, 0) is 18.2 Å². The van der Waals surface area contributed by atoms with Crippen LogP contribution in [0.1, 0.15) is 11.6 Å². The molecule has 1 aliphatic rings. The Morgan fingerprint density at radius 1 is 1.21 bits per heavy atom. The second kappa shape index (κ2) is 6.25. The molecular weight excluding hydrogens is 304 g/mol. The maximum Gasteiger partial charge on any atom is 0.247 e. The number of hydrogen-bond acceptors (Lipinski definition) is 5. The van der Waals surface area contributed by atoms with Crippen LogP contribution in [0.4, 0.5) is 5.82 Å². The average molecular weight is 320 g/mol. The molecule has 1 aromatic carbocycles. The molecule has 2 N–H and O–H groups in total. The molecule has 3 aromatic rings. The van der Waals surface area contributed by atoms with E-state index in [-0.39, 0.29) is 5.91 Å². The second-order valence-electron chi connectivity index (χ2n) is 5.53. The zero-order valence-electron chi connectivity index (χ0n) is 12.9. The van der Waals surface area contributed by atoms with Gasteiger partial charge in [-0.25, -0.2) is 4.98 Å². The Hall–Kier alpha value is -2.99. The molecule has 2 aromatic heterocycles. The van der Waals surface area contributed by atoms with E-state index in [1.165, 1.54) is 0 Å². The molecule has 1 unspecified atom stereocenters. The molecule has 24 heavy (non-hydrogen) atoms. The van der Waals surface area contributed by atoms with Crippen molar-refractivity contribution in [3.63, 3.8) is 0 Å². The number of ether oxygens (including phenoxy) is 1. The molecule has 3 heterocycles. The number of para-hydroxylation sites is 1. The van der Waals surface area contributed by atoms with Crippen LogP contribution in [0.5, 0.6) is 5.75 Å². The lowest BCUT2D eigenvalue weighted by atomic mass is 10.1. The predicted octanol–water partition coefficient (Wildman–Crippen LogP) is 2.29. The minimum Gasteiger partial charge on any atom is -0.492 e. The zero-order chi connectivity index (χ0) is 16.4. The Kier molecular flexibility index (Phi) is 3.80. The van der Waals surface area contributed by atoms with Crippen molar-refractivity contribution >= 4 is 22.6 Å². The number of anilines is 1. The van der Waals surface area contributed by atoms with Gasteiger partial charge in [0.05, 0.1) is 11.7 Å². The smallest absolute Gasteiger partial charge is 0.247 e. The molecule has 1 aliphatic heterocycles. The Balaban J connectivity index is 1.61. The topological polar surface area (TPSA) is 76.1 Å². The van der Waals surface area contributed by atoms with Gasteiger partial charge in [0.15, 0.2) is 0 Å². The van der Waals surface area contributed by atoms with Gasteiger partial charge in [-0.1, -0.05) is 24.3 Å². The molecule has 6 heteroatoms. The summed E-state index contributed by atoms with van der Waals surface area (Å²) in [4.78, 5) is 21.2. The zero-order valence-corrected chi connectivity index (χ0v) is 12.9. The van der Waals surface area contributed by atoms with Gasteiger partial charge in [-0.3, -0.25) is 15.1 Å². The predicted molar refractivity (Wildman–Crippen MR) is 90.8 cm³/mol. The van der Waals surface area contributed by atoms with Crippen LogP contribution in [0, 0.1) is 0 Å². The Bertz CT molecular complexity index is 897. The van der Waals surface area contributed by atoms with Crippen LogP contribution in [0.2, 0.25) is 0 Å². The average Bonchev–Trinajstić information content (AvgIpc) is 2.84. The third-order valence-electron chi connectivity index (χ3n) is 3.94. The van der Waals surface area contributed by atoms with Crippen LogP contribution in [0.3, 0.4) is 0 Å². The lowest BCUT2D eigenvalue weighted by molar-refractivity contribution is -0.118. The molecule has 0 saturated carbocycles. The molecule has 0 radical (unpaired) electrons. The summed E-state index contributed by atoms with van der Waals surface area (Å²) in [5, 5.41) is 7.03. The molecule has 1 atom stereocenters. The van der Waals surface area contributed by atoms with Gasteiger partial charge in [0.1, 0.15) is 24.2 Å². The number of carbonyl (C=O) groups is 1. The molecule has 1 amide bonds. The largest absolute Gasteiger partial charge is 0.492 e. The van der Waals surface area contributed by atoms with Crippen molar-refractivity contribution in [3.8, 4) is 5.75 Å². The van der Waals surface area contributed by atoms with Crippen molar-refractivity contribution in [1.29, 1.82) is 0 Å². The number of nitrogens with zero attached hydrogens (tertiary/aromatic N) is 2. The minimum absolute atomic E-state index is 0.163. The van der Waals surface area contributed by atoms with Crippen molar-refractivity contribution in [2.75, 3.05) is 18.5 Å². The number of pyridine rings is 2. The fourth-order valence-electron chi connectivity index (χ4n) is 2.80. The fourth-order valence-corrected chi connectivity index (χ4v) is 2.80. The van der Waals surface area contributed by atoms with Gasteiger partial charge in [-0.2, -0.15) is 0 Å². The van der Waals surface area contributed by atoms with Crippen molar-refractivity contribution in [3.05, 3.63) is 60.4 Å². The maximum atomic E-state index is 12.7. The van der Waals surface area contributed by atoms with Crippen molar-refractivity contribution in [2.45, 2.75) is 6.04 Å². The number of hydrogen-bond donors (Lipinski definition) is 2. The van der Waals surface area contributed by atoms with Gasteiger partial charge >= 0.3 is 0 Å². The van der Waals surface area contributed by atoms with E-state index < -0.39 is 6.04 Å². The monoisotopic (exact) mass is 320 g/mol. The van der Waals surface area contributed by atoms with Gasteiger partial charge < -0.3 is 10.1 Å². The number of benzene rings is 1. The Morgan fingerprint density at radius 2 is 2.12 bits per heavy atom. The highest BCUT2D eigenvalue weighted by Crippen LogP contribution is 2.27. The SMILES string of the molecule is O=C(Nc1cc2cccnc2cn1)C1NCCOc2ccccc21. The van der Waals surface area contributed by atoms with Gasteiger partial charge in [0, 0.05) is 23.7 Å². The van der Waals surface area contributed by atoms with Gasteiger partial charge in [-0.15, -0.1) is 0 Å². The minimum atomic E-state index is -0.477. The first-order chi connectivity index (χ1) is 11.8. The van der Waals surface area contributed by atoms with Gasteiger partial charge in [0.25, 0.3) is 0 Å². The van der Waals surface area contributed by atoms with E-state index in [4.69, 9.17) is 4.74 Å². The summed E-state index contributed by atoms with van der Waals surface area (Å²) >= 11 is 0. The van der Waals surface area contributed by atoms with E-state index in [0.29, 0.717) is 19.0 Å². The van der Waals surface area contributed by atoms with E-state index in [1.54, 1.807) is 12.4 Å². The molecule has 120 valence electrons. The van der Waals surface area contributed by atoms with Crippen LogP contribution in [-0.4, -0.2) is 29.0 Å². The van der Waals surface area contributed by atoms with Crippen molar-refractivity contribution < 1.29 is 9.53 Å². The summed E-state index contributed by atoms with van der Waals surface area (Å²) in [5.41, 5.74) is 1.62. The highest BCUT2D eigenvalue weighted by molar-refractivity contribution is 5.96. The van der Waals surface area contributed by atoms with E-state index in [1.807, 2.05) is 42.5 Å². The number of amides is 1. The van der Waals surface area contributed by atoms with Crippen LogP contribution in [-0.2, 0) is 4.79 Å². The van der Waals surface area contributed by atoms with E-state index >= 15 is 0 Å². The molecule has 0 bridgehead atoms. The summed E-state index contributed by atoms with van der Waals surface area (Å²) in [6.07, 6.45) is 3.37. The molecule has 0 fully saturated rings. The first-order valence-corrected chi connectivity index (χ1v) is 7.78. The highest BCUT2D eigenvalue weighted by Gasteiger charge is 2.25. The third kappa shape index (κ3) is 2.79. The maximum absolute atomic E-state index is 12.7. The van der Waals surface area contributed by atoms with E-state index in [2.05, 4.69) is 20.6 Å². The molecule has 4 rings (SSSR count). The third-order valence-corrected chi connectivity index (χ3v) is 3.94. The van der Waals surface area contributed by atoms with Crippen LogP contribution in [0.15, 0.2) is 54.9 Å². The lowest BCUT2D eigenvalue weighted by Crippen LogP contribution is -2.33. The number of nitrogens with one attached hydrogen (secondary N) is 2. The summed E-state index contributed by atoms with van der Waals surface area (Å²) in [7, 11) is 0. The van der Waals surface area contributed by atoms with Crippen LogP contribution < -0.4 is 15.4 Å². The number of rotatable bonds is 2. The highest BCUT2D eigenvalue weighted by atomic mass is 16.5. The standard InChI is InChI=1S/C18H16N4O2/c23-18(17-13-5-1-2-6-15(13)24-9-8-20-17)22-16-10-12-4-3-7-19-14(12)11-21-16/h1-7,10-11,17,20H,8-9H2,(H,21,22,23). The van der Waals surface area contributed by atoms with Crippen molar-refractivity contribution in [1.82, 2.24) is 15.3 Å². The molecule has 0 spiro atoms. The first kappa shape index (κ1) is 14.6. The summed E-state index contributed by atoms with van der Waals surface area (Å²) < 4.78 is 5.67. The van der Waals surface area contributed by atoms with Crippen LogP contribution >= 0.6 is 0 Å². The lowest BCUT2D eigenvalue weighted by Gasteiger charge is -2.17. The van der Waals surface area contributed by atoms with Gasteiger partial charge in [0.2, 0.25) is 5.91 Å². The van der Waals surface area contributed by atoms with Crippen molar-refractivity contribution in [2.24, 2.45) is 0 Å². The first-order valence-electron chi connectivity index (χ1n) is 7.78. The summed E-state index contributed by atoms with van der Waals surface area (Å²) in [6, 6.07) is 12.7. The summed E-state index contributed by atoms with van der Waals surface area (Å²) in [5.74, 6) is 1.08. The van der Waals surface area contributed by atoms with Crippen LogP contribution in [0.25, 0.3) is 10.9 Å². The summed E-state index contributed by atoms with van der Waals surface area (Å²) in [6.45, 7) is 1.13. The molecule has 6 nitrogen and oxygen atoms in total. The number of carbonyl (C=O) groups excluding carboxylic acids is 1. The normalized spacial score (nSPS) is 16.8. The quantitative estimate of drug-likeness (QED) is 0.758. The molecular formula is C18H16N4O2. The Morgan fingerprint density at radius 3 is 3.08 bits per heavy atom.